The third-order valence-corrected chi connectivity index (χ3v) is 4.92. The average molecular weight is 357 g/mol. The molecule has 1 atom stereocenters. The first-order valence-electron chi connectivity index (χ1n) is 9.31. The summed E-state index contributed by atoms with van der Waals surface area (Å²) in [5.74, 6) is 1.87. The number of nitrogens with zero attached hydrogens (tertiary/aromatic N) is 1. The Bertz CT molecular complexity index is 743. The van der Waals surface area contributed by atoms with Gasteiger partial charge in [0, 0.05) is 11.3 Å². The topological polar surface area (TPSA) is 51.6 Å². The minimum Gasteiger partial charge on any atom is -0.491 e. The average Bonchev–Trinajstić information content (AvgIpc) is 2.58. The molecule has 4 heteroatoms. The quantitative estimate of drug-likeness (QED) is 0.702. The number of aliphatic hydroxyl groups is 1. The molecule has 0 bridgehead atoms. The first-order valence-corrected chi connectivity index (χ1v) is 9.31. The zero-order valence-electron chi connectivity index (χ0n) is 17.0. The monoisotopic (exact) mass is 357 g/mol. The lowest BCUT2D eigenvalue weighted by atomic mass is 9.91. The second-order valence-electron chi connectivity index (χ2n) is 7.04. The maximum atomic E-state index is 10.9. The van der Waals surface area contributed by atoms with Crippen molar-refractivity contribution in [2.24, 2.45) is 5.92 Å². The molecule has 0 aliphatic heterocycles. The molecule has 142 valence electrons. The normalized spacial score (nSPS) is 12.3. The number of benzene rings is 1. The van der Waals surface area contributed by atoms with Gasteiger partial charge in [-0.1, -0.05) is 44.4 Å². The Balaban J connectivity index is 2.53. The first-order chi connectivity index (χ1) is 12.3. The highest BCUT2D eigenvalue weighted by molar-refractivity contribution is 5.50. The first kappa shape index (κ1) is 20.2. The van der Waals surface area contributed by atoms with Crippen molar-refractivity contribution in [1.29, 1.82) is 0 Å². The third-order valence-electron chi connectivity index (χ3n) is 4.92. The Morgan fingerprint density at radius 2 is 1.54 bits per heavy atom. The zero-order chi connectivity index (χ0) is 19.4. The van der Waals surface area contributed by atoms with Crippen LogP contribution >= 0.6 is 0 Å². The van der Waals surface area contributed by atoms with E-state index in [-0.39, 0.29) is 5.92 Å². The predicted molar refractivity (Wildman–Crippen MR) is 105 cm³/mol. The smallest absolute Gasteiger partial charge is 0.263 e. The van der Waals surface area contributed by atoms with E-state index in [2.05, 4.69) is 37.9 Å². The van der Waals surface area contributed by atoms with Crippen LogP contribution in [0.3, 0.4) is 0 Å². The molecule has 2 rings (SSSR count). The number of aryl methyl sites for hydroxylation is 4. The Hall–Kier alpha value is -2.07. The molecule has 1 aromatic heterocycles. The summed E-state index contributed by atoms with van der Waals surface area (Å²) in [6.45, 7) is 12.2. The van der Waals surface area contributed by atoms with Gasteiger partial charge in [0.2, 0.25) is 0 Å². The molecule has 0 fully saturated rings. The number of ether oxygens (including phenoxy) is 2. The number of pyridine rings is 1. The summed E-state index contributed by atoms with van der Waals surface area (Å²) in [6.07, 6.45) is 1.19. The molecule has 0 aliphatic rings. The van der Waals surface area contributed by atoms with E-state index in [0.29, 0.717) is 11.6 Å². The van der Waals surface area contributed by atoms with E-state index in [1.54, 1.807) is 7.11 Å². The van der Waals surface area contributed by atoms with Crippen molar-refractivity contribution in [1.82, 2.24) is 4.98 Å². The van der Waals surface area contributed by atoms with Crippen molar-refractivity contribution in [2.45, 2.75) is 60.5 Å². The summed E-state index contributed by atoms with van der Waals surface area (Å²) in [6, 6.07) is 6.07. The molecule has 1 aromatic carbocycles. The molecule has 26 heavy (non-hydrogen) atoms. The fourth-order valence-corrected chi connectivity index (χ4v) is 3.56. The molecular weight excluding hydrogens is 326 g/mol. The Morgan fingerprint density at radius 1 is 0.962 bits per heavy atom. The van der Waals surface area contributed by atoms with E-state index in [1.807, 2.05) is 26.8 Å². The summed E-state index contributed by atoms with van der Waals surface area (Å²) in [5.41, 5.74) is 4.83. The SMILES string of the molecule is CCC(CC)C(O)c1cc(C)nc(Oc2c(C)cc(C)cc2C)c1OC. The summed E-state index contributed by atoms with van der Waals surface area (Å²) in [4.78, 5) is 4.54. The van der Waals surface area contributed by atoms with Crippen molar-refractivity contribution in [3.8, 4) is 17.4 Å². The molecule has 0 spiro atoms. The van der Waals surface area contributed by atoms with Gasteiger partial charge >= 0.3 is 0 Å². The van der Waals surface area contributed by atoms with Crippen molar-refractivity contribution in [3.05, 3.63) is 46.1 Å². The molecule has 2 aromatic rings. The van der Waals surface area contributed by atoms with Gasteiger partial charge in [0.05, 0.1) is 13.2 Å². The Morgan fingerprint density at radius 3 is 2.04 bits per heavy atom. The number of hydrogen-bond donors (Lipinski definition) is 1. The highest BCUT2D eigenvalue weighted by Crippen LogP contribution is 2.41. The second-order valence-corrected chi connectivity index (χ2v) is 7.04. The summed E-state index contributed by atoms with van der Waals surface area (Å²) < 4.78 is 11.8. The maximum Gasteiger partial charge on any atom is 0.263 e. The van der Waals surface area contributed by atoms with E-state index in [4.69, 9.17) is 9.47 Å². The number of aromatic nitrogens is 1. The van der Waals surface area contributed by atoms with Crippen LogP contribution in [0.2, 0.25) is 0 Å². The molecule has 0 radical (unpaired) electrons. The standard InChI is InChI=1S/C22H31NO3/c1-8-17(9-2)19(24)18-12-16(6)23-22(21(18)25-7)26-20-14(4)10-13(3)11-15(20)5/h10-12,17,19,24H,8-9H2,1-7H3. The van der Waals surface area contributed by atoms with Gasteiger partial charge < -0.3 is 14.6 Å². The van der Waals surface area contributed by atoms with Crippen molar-refractivity contribution >= 4 is 0 Å². The lowest BCUT2D eigenvalue weighted by molar-refractivity contribution is 0.0997. The van der Waals surface area contributed by atoms with Crippen LogP contribution in [-0.2, 0) is 0 Å². The predicted octanol–water partition coefficient (Wildman–Crippen LogP) is 5.59. The number of rotatable bonds is 7. The van der Waals surface area contributed by atoms with Crippen LogP contribution < -0.4 is 9.47 Å². The molecule has 0 saturated heterocycles. The van der Waals surface area contributed by atoms with Crippen LogP contribution in [0, 0.1) is 33.6 Å². The minimum absolute atomic E-state index is 0.168. The van der Waals surface area contributed by atoms with Gasteiger partial charge in [-0.05, 0) is 50.8 Å². The fraction of sp³-hybridized carbons (Fsp3) is 0.500. The highest BCUT2D eigenvalue weighted by atomic mass is 16.5. The Kier molecular flexibility index (Phi) is 6.65. The number of methoxy groups -OCH3 is 1. The van der Waals surface area contributed by atoms with Gasteiger partial charge in [-0.15, -0.1) is 0 Å². The summed E-state index contributed by atoms with van der Waals surface area (Å²) in [7, 11) is 1.59. The van der Waals surface area contributed by atoms with E-state index in [9.17, 15) is 5.11 Å². The lowest BCUT2D eigenvalue weighted by Crippen LogP contribution is -2.13. The third kappa shape index (κ3) is 4.18. The molecule has 1 unspecified atom stereocenters. The molecule has 0 aliphatic carbocycles. The van der Waals surface area contributed by atoms with Gasteiger partial charge in [-0.3, -0.25) is 0 Å². The zero-order valence-corrected chi connectivity index (χ0v) is 17.0. The van der Waals surface area contributed by atoms with Crippen LogP contribution in [0.4, 0.5) is 0 Å². The van der Waals surface area contributed by atoms with Crippen molar-refractivity contribution < 1.29 is 14.6 Å². The number of aliphatic hydroxyl groups excluding tert-OH is 1. The molecule has 0 saturated carbocycles. The summed E-state index contributed by atoms with van der Waals surface area (Å²) in [5, 5.41) is 10.9. The minimum atomic E-state index is -0.607. The molecule has 4 nitrogen and oxygen atoms in total. The summed E-state index contributed by atoms with van der Waals surface area (Å²) >= 11 is 0. The van der Waals surface area contributed by atoms with E-state index < -0.39 is 6.10 Å². The largest absolute Gasteiger partial charge is 0.491 e. The van der Waals surface area contributed by atoms with Gasteiger partial charge in [0.25, 0.3) is 5.88 Å². The van der Waals surface area contributed by atoms with Crippen molar-refractivity contribution in [2.75, 3.05) is 7.11 Å². The molecular formula is C22H31NO3. The van der Waals surface area contributed by atoms with Crippen LogP contribution in [-0.4, -0.2) is 17.2 Å². The molecule has 1 N–H and O–H groups in total. The van der Waals surface area contributed by atoms with Crippen LogP contribution in [0.5, 0.6) is 17.4 Å². The van der Waals surface area contributed by atoms with Crippen LogP contribution in [0.15, 0.2) is 18.2 Å². The van der Waals surface area contributed by atoms with Gasteiger partial charge in [0.15, 0.2) is 5.75 Å². The van der Waals surface area contributed by atoms with Gasteiger partial charge in [-0.25, -0.2) is 4.98 Å². The Labute approximate surface area is 157 Å². The second kappa shape index (κ2) is 8.54. The van der Waals surface area contributed by atoms with Crippen LogP contribution in [0.1, 0.15) is 60.7 Å². The highest BCUT2D eigenvalue weighted by Gasteiger charge is 2.25. The van der Waals surface area contributed by atoms with E-state index >= 15 is 0 Å². The van der Waals surface area contributed by atoms with E-state index in [1.165, 1.54) is 5.56 Å². The van der Waals surface area contributed by atoms with Crippen molar-refractivity contribution in [3.63, 3.8) is 0 Å². The van der Waals surface area contributed by atoms with Gasteiger partial charge in [-0.2, -0.15) is 0 Å². The fourth-order valence-electron chi connectivity index (χ4n) is 3.56. The lowest BCUT2D eigenvalue weighted by Gasteiger charge is -2.24. The molecule has 0 amide bonds. The van der Waals surface area contributed by atoms with E-state index in [0.717, 1.165) is 41.0 Å². The van der Waals surface area contributed by atoms with Gasteiger partial charge in [0.1, 0.15) is 5.75 Å². The van der Waals surface area contributed by atoms with Crippen LogP contribution in [0.25, 0.3) is 0 Å². The maximum absolute atomic E-state index is 10.9. The molecule has 1 heterocycles. The number of hydrogen-bond acceptors (Lipinski definition) is 4.